The van der Waals surface area contributed by atoms with Gasteiger partial charge in [-0.05, 0) is 13.8 Å². The van der Waals surface area contributed by atoms with Gasteiger partial charge < -0.3 is 5.32 Å². The van der Waals surface area contributed by atoms with Crippen molar-refractivity contribution < 1.29 is 4.79 Å². The SMILES string of the molecule is C=C(C)C#N.CCNC(C)=O. The molecule has 0 aromatic carbocycles. The average molecular weight is 154 g/mol. The monoisotopic (exact) mass is 154 g/mol. The molecule has 0 aromatic heterocycles. The van der Waals surface area contributed by atoms with E-state index >= 15 is 0 Å². The predicted octanol–water partition coefficient (Wildman–Crippen LogP) is 1.23. The first kappa shape index (κ1) is 12.4. The quantitative estimate of drug-likeness (QED) is 0.577. The number of hydrogen-bond acceptors (Lipinski definition) is 2. The van der Waals surface area contributed by atoms with Gasteiger partial charge in [0.1, 0.15) is 0 Å². The summed E-state index contributed by atoms with van der Waals surface area (Å²) in [6, 6.07) is 1.83. The maximum Gasteiger partial charge on any atom is 0.216 e. The third kappa shape index (κ3) is 28.5. The minimum absolute atomic E-state index is 0.0394. The molecule has 0 fully saturated rings. The van der Waals surface area contributed by atoms with Gasteiger partial charge in [0.05, 0.1) is 6.07 Å². The third-order valence-corrected chi connectivity index (χ3v) is 0.617. The first-order valence-corrected chi connectivity index (χ1v) is 3.34. The van der Waals surface area contributed by atoms with Crippen LogP contribution in [-0.4, -0.2) is 12.5 Å². The van der Waals surface area contributed by atoms with E-state index in [4.69, 9.17) is 5.26 Å². The Labute approximate surface area is 67.7 Å². The third-order valence-electron chi connectivity index (χ3n) is 0.617. The summed E-state index contributed by atoms with van der Waals surface area (Å²) < 4.78 is 0. The van der Waals surface area contributed by atoms with Crippen molar-refractivity contribution in [3.05, 3.63) is 12.2 Å². The van der Waals surface area contributed by atoms with E-state index in [1.54, 1.807) is 6.92 Å². The summed E-state index contributed by atoms with van der Waals surface area (Å²) in [5, 5.41) is 10.4. The van der Waals surface area contributed by atoms with E-state index in [1.807, 2.05) is 13.0 Å². The summed E-state index contributed by atoms with van der Waals surface area (Å²) in [5.74, 6) is 0.0394. The average Bonchev–Trinajstić information content (AvgIpc) is 1.89. The van der Waals surface area contributed by atoms with Gasteiger partial charge in [0, 0.05) is 19.0 Å². The predicted molar refractivity (Wildman–Crippen MR) is 44.8 cm³/mol. The summed E-state index contributed by atoms with van der Waals surface area (Å²) in [6.07, 6.45) is 0. The van der Waals surface area contributed by atoms with E-state index < -0.39 is 0 Å². The van der Waals surface area contributed by atoms with Crippen LogP contribution in [0.1, 0.15) is 20.8 Å². The van der Waals surface area contributed by atoms with Gasteiger partial charge in [-0.1, -0.05) is 6.58 Å². The Morgan fingerprint density at radius 1 is 1.64 bits per heavy atom. The van der Waals surface area contributed by atoms with Crippen LogP contribution in [-0.2, 0) is 4.79 Å². The molecular weight excluding hydrogens is 140 g/mol. The fraction of sp³-hybridized carbons (Fsp3) is 0.500. The molecule has 0 saturated carbocycles. The molecule has 0 bridgehead atoms. The molecule has 0 rings (SSSR count). The molecule has 0 aromatic rings. The van der Waals surface area contributed by atoms with Crippen molar-refractivity contribution in [3.8, 4) is 6.07 Å². The first-order valence-electron chi connectivity index (χ1n) is 3.34. The number of carbonyl (C=O) groups excluding carboxylic acids is 1. The Hall–Kier alpha value is -1.30. The molecule has 1 amide bonds. The van der Waals surface area contributed by atoms with Crippen LogP contribution in [0.5, 0.6) is 0 Å². The molecule has 62 valence electrons. The Bertz CT molecular complexity index is 167. The standard InChI is InChI=1S/C4H9NO.C4H5N/c1-3-5-4(2)6;1-4(2)3-5/h3H2,1-2H3,(H,5,6);1H2,2H3. The zero-order chi connectivity index (χ0) is 9.28. The van der Waals surface area contributed by atoms with Gasteiger partial charge in [-0.2, -0.15) is 5.26 Å². The molecular formula is C8H14N2O. The minimum Gasteiger partial charge on any atom is -0.357 e. The number of nitriles is 1. The van der Waals surface area contributed by atoms with Crippen LogP contribution in [0, 0.1) is 11.3 Å². The van der Waals surface area contributed by atoms with Crippen LogP contribution in [0.2, 0.25) is 0 Å². The van der Waals surface area contributed by atoms with Crippen LogP contribution >= 0.6 is 0 Å². The molecule has 0 spiro atoms. The topological polar surface area (TPSA) is 52.9 Å². The molecule has 11 heavy (non-hydrogen) atoms. The molecule has 0 atom stereocenters. The van der Waals surface area contributed by atoms with Crippen molar-refractivity contribution in [2.45, 2.75) is 20.8 Å². The van der Waals surface area contributed by atoms with E-state index in [0.29, 0.717) is 5.57 Å². The Morgan fingerprint density at radius 2 is 2.00 bits per heavy atom. The van der Waals surface area contributed by atoms with Crippen molar-refractivity contribution in [3.63, 3.8) is 0 Å². The summed E-state index contributed by atoms with van der Waals surface area (Å²) in [6.45, 7) is 9.10. The lowest BCUT2D eigenvalue weighted by Gasteiger charge is -1.88. The highest BCUT2D eigenvalue weighted by Gasteiger charge is 1.78. The molecule has 0 radical (unpaired) electrons. The fourth-order valence-corrected chi connectivity index (χ4v) is 0.249. The van der Waals surface area contributed by atoms with Gasteiger partial charge in [-0.3, -0.25) is 4.79 Å². The maximum atomic E-state index is 9.93. The van der Waals surface area contributed by atoms with Crippen molar-refractivity contribution in [1.82, 2.24) is 5.32 Å². The second kappa shape index (κ2) is 8.70. The number of allylic oxidation sites excluding steroid dienone is 1. The second-order valence-electron chi connectivity index (χ2n) is 1.98. The van der Waals surface area contributed by atoms with Gasteiger partial charge in [0.25, 0.3) is 0 Å². The van der Waals surface area contributed by atoms with Gasteiger partial charge >= 0.3 is 0 Å². The Balaban J connectivity index is 0. The molecule has 0 heterocycles. The number of rotatable bonds is 1. The molecule has 0 aliphatic rings. The lowest BCUT2D eigenvalue weighted by molar-refractivity contribution is -0.118. The Morgan fingerprint density at radius 3 is 2.00 bits per heavy atom. The summed E-state index contributed by atoms with van der Waals surface area (Å²) >= 11 is 0. The molecule has 0 saturated heterocycles. The van der Waals surface area contributed by atoms with Crippen LogP contribution in [0.3, 0.4) is 0 Å². The lowest BCUT2D eigenvalue weighted by Crippen LogP contribution is -2.18. The van der Waals surface area contributed by atoms with Gasteiger partial charge in [0.15, 0.2) is 0 Å². The summed E-state index contributed by atoms with van der Waals surface area (Å²) in [4.78, 5) is 9.93. The number of amides is 1. The number of nitrogens with zero attached hydrogens (tertiary/aromatic N) is 1. The normalized spacial score (nSPS) is 6.73. The number of carbonyl (C=O) groups is 1. The van der Waals surface area contributed by atoms with E-state index in [1.165, 1.54) is 6.92 Å². The number of nitrogens with one attached hydrogen (secondary N) is 1. The Kier molecular flexibility index (Phi) is 9.79. The molecule has 0 aliphatic carbocycles. The van der Waals surface area contributed by atoms with E-state index in [0.717, 1.165) is 6.54 Å². The van der Waals surface area contributed by atoms with Crippen LogP contribution in [0.15, 0.2) is 12.2 Å². The summed E-state index contributed by atoms with van der Waals surface area (Å²) in [5.41, 5.74) is 0.560. The zero-order valence-electron chi connectivity index (χ0n) is 7.27. The zero-order valence-corrected chi connectivity index (χ0v) is 7.27. The molecule has 1 N–H and O–H groups in total. The molecule has 0 unspecified atom stereocenters. The van der Waals surface area contributed by atoms with Crippen molar-refractivity contribution in [2.75, 3.05) is 6.54 Å². The maximum absolute atomic E-state index is 9.93. The highest BCUT2D eigenvalue weighted by molar-refractivity contribution is 5.72. The van der Waals surface area contributed by atoms with Crippen LogP contribution in [0.4, 0.5) is 0 Å². The van der Waals surface area contributed by atoms with Gasteiger partial charge in [-0.15, -0.1) is 0 Å². The van der Waals surface area contributed by atoms with Gasteiger partial charge in [-0.25, -0.2) is 0 Å². The van der Waals surface area contributed by atoms with Crippen LogP contribution in [0.25, 0.3) is 0 Å². The van der Waals surface area contributed by atoms with Gasteiger partial charge in [0.2, 0.25) is 5.91 Å². The summed E-state index contributed by atoms with van der Waals surface area (Å²) in [7, 11) is 0. The van der Waals surface area contributed by atoms with Crippen LogP contribution < -0.4 is 5.32 Å². The minimum atomic E-state index is 0.0394. The molecule has 3 heteroatoms. The smallest absolute Gasteiger partial charge is 0.216 e. The highest BCUT2D eigenvalue weighted by atomic mass is 16.1. The van der Waals surface area contributed by atoms with Crippen molar-refractivity contribution in [1.29, 1.82) is 5.26 Å². The van der Waals surface area contributed by atoms with E-state index in [-0.39, 0.29) is 5.91 Å². The first-order chi connectivity index (χ1) is 5.04. The largest absolute Gasteiger partial charge is 0.357 e. The van der Waals surface area contributed by atoms with Crippen molar-refractivity contribution in [2.24, 2.45) is 0 Å². The van der Waals surface area contributed by atoms with E-state index in [9.17, 15) is 4.79 Å². The van der Waals surface area contributed by atoms with Crippen molar-refractivity contribution >= 4 is 5.91 Å². The lowest BCUT2D eigenvalue weighted by atomic mass is 10.4. The number of hydrogen-bond donors (Lipinski definition) is 1. The molecule has 3 nitrogen and oxygen atoms in total. The fourth-order valence-electron chi connectivity index (χ4n) is 0.249. The van der Waals surface area contributed by atoms with E-state index in [2.05, 4.69) is 11.9 Å². The second-order valence-corrected chi connectivity index (χ2v) is 1.98. The molecule has 0 aliphatic heterocycles. The highest BCUT2D eigenvalue weighted by Crippen LogP contribution is 1.74.